The highest BCUT2D eigenvalue weighted by atomic mass is 79.9. The average molecular weight is 269 g/mol. The highest BCUT2D eigenvalue weighted by Crippen LogP contribution is 2.49. The second-order valence-electron chi connectivity index (χ2n) is 4.42. The fourth-order valence-corrected chi connectivity index (χ4v) is 2.86. The third-order valence-corrected chi connectivity index (χ3v) is 4.38. The summed E-state index contributed by atoms with van der Waals surface area (Å²) in [5.41, 5.74) is 13.5. The van der Waals surface area contributed by atoms with Crippen molar-refractivity contribution in [2.45, 2.75) is 25.3 Å². The lowest BCUT2D eigenvalue weighted by atomic mass is 9.63. The molecule has 82 valence electrons. The maximum atomic E-state index is 6.34. The normalized spacial score (nSPS) is 20.7. The largest absolute Gasteiger partial charge is 0.330 e. The van der Waals surface area contributed by atoms with Gasteiger partial charge in [-0.1, -0.05) is 40.5 Å². The van der Waals surface area contributed by atoms with Crippen molar-refractivity contribution in [3.05, 3.63) is 34.3 Å². The summed E-state index contributed by atoms with van der Waals surface area (Å²) >= 11 is 3.55. The summed E-state index contributed by atoms with van der Waals surface area (Å²) in [7, 11) is 0. The number of hydrogen-bond acceptors (Lipinski definition) is 2. The van der Waals surface area contributed by atoms with Gasteiger partial charge in [0, 0.05) is 15.9 Å². The molecule has 1 unspecified atom stereocenters. The van der Waals surface area contributed by atoms with Gasteiger partial charge in [0.25, 0.3) is 0 Å². The van der Waals surface area contributed by atoms with Gasteiger partial charge in [-0.3, -0.25) is 0 Å². The Hall–Kier alpha value is -0.380. The van der Waals surface area contributed by atoms with E-state index in [0.29, 0.717) is 6.54 Å². The van der Waals surface area contributed by atoms with E-state index in [1.807, 2.05) is 18.2 Å². The Morgan fingerprint density at radius 1 is 1.33 bits per heavy atom. The molecule has 0 spiro atoms. The Balaban J connectivity index is 2.27. The number of hydrogen-bond donors (Lipinski definition) is 2. The van der Waals surface area contributed by atoms with Crippen molar-refractivity contribution in [2.75, 3.05) is 6.54 Å². The molecule has 0 amide bonds. The molecule has 1 fully saturated rings. The zero-order valence-electron chi connectivity index (χ0n) is 8.75. The van der Waals surface area contributed by atoms with Crippen molar-refractivity contribution in [1.82, 2.24) is 0 Å². The minimum absolute atomic E-state index is 0.0619. The summed E-state index contributed by atoms with van der Waals surface area (Å²) in [5, 5.41) is 0. The molecule has 2 nitrogen and oxygen atoms in total. The minimum Gasteiger partial charge on any atom is -0.330 e. The predicted octanol–water partition coefficient (Wildman–Crippen LogP) is 2.58. The second kappa shape index (κ2) is 4.24. The van der Waals surface area contributed by atoms with Crippen LogP contribution in [0.15, 0.2) is 28.7 Å². The van der Waals surface area contributed by atoms with Gasteiger partial charge in [0.05, 0.1) is 0 Å². The molecule has 15 heavy (non-hydrogen) atoms. The van der Waals surface area contributed by atoms with E-state index in [0.717, 1.165) is 17.3 Å². The van der Waals surface area contributed by atoms with Gasteiger partial charge < -0.3 is 11.5 Å². The zero-order valence-corrected chi connectivity index (χ0v) is 10.3. The molecule has 3 heteroatoms. The molecule has 0 bridgehead atoms. The lowest BCUT2D eigenvalue weighted by molar-refractivity contribution is 0.104. The fraction of sp³-hybridized carbons (Fsp3) is 0.500. The Labute approximate surface area is 99.2 Å². The van der Waals surface area contributed by atoms with E-state index in [1.54, 1.807) is 0 Å². The van der Waals surface area contributed by atoms with Crippen molar-refractivity contribution >= 4 is 15.9 Å². The van der Waals surface area contributed by atoms with E-state index in [-0.39, 0.29) is 11.5 Å². The van der Waals surface area contributed by atoms with E-state index >= 15 is 0 Å². The van der Waals surface area contributed by atoms with Gasteiger partial charge in [0.15, 0.2) is 0 Å². The quantitative estimate of drug-likeness (QED) is 0.886. The lowest BCUT2D eigenvalue weighted by Gasteiger charge is -2.46. The molecule has 1 saturated carbocycles. The van der Waals surface area contributed by atoms with Gasteiger partial charge in [-0.25, -0.2) is 0 Å². The third-order valence-electron chi connectivity index (χ3n) is 3.66. The molecule has 0 saturated heterocycles. The first kappa shape index (κ1) is 11.1. The van der Waals surface area contributed by atoms with Crippen molar-refractivity contribution in [3.63, 3.8) is 0 Å². The van der Waals surface area contributed by atoms with Gasteiger partial charge >= 0.3 is 0 Å². The maximum absolute atomic E-state index is 6.34. The smallest absolute Gasteiger partial charge is 0.0375 e. The van der Waals surface area contributed by atoms with Crippen LogP contribution in [0.2, 0.25) is 0 Å². The Bertz CT molecular complexity index is 342. The average Bonchev–Trinajstić information content (AvgIpc) is 2.17. The van der Waals surface area contributed by atoms with Crippen LogP contribution in [0, 0.1) is 5.41 Å². The van der Waals surface area contributed by atoms with E-state index in [2.05, 4.69) is 22.0 Å². The van der Waals surface area contributed by atoms with Crippen LogP contribution in [0.25, 0.3) is 0 Å². The van der Waals surface area contributed by atoms with Gasteiger partial charge in [-0.2, -0.15) is 0 Å². The van der Waals surface area contributed by atoms with Crippen LogP contribution in [0.1, 0.15) is 30.9 Å². The molecule has 2 rings (SSSR count). The third kappa shape index (κ3) is 1.84. The number of halogens is 1. The summed E-state index contributed by atoms with van der Waals surface area (Å²) in [6.07, 6.45) is 3.58. The van der Waals surface area contributed by atoms with Crippen LogP contribution in [-0.4, -0.2) is 6.54 Å². The maximum Gasteiger partial charge on any atom is 0.0375 e. The minimum atomic E-state index is 0.0619. The van der Waals surface area contributed by atoms with Crippen molar-refractivity contribution < 1.29 is 0 Å². The first-order valence-corrected chi connectivity index (χ1v) is 6.19. The topological polar surface area (TPSA) is 52.0 Å². The molecule has 0 aromatic heterocycles. The molecular weight excluding hydrogens is 252 g/mol. The molecule has 1 atom stereocenters. The summed E-state index contributed by atoms with van der Waals surface area (Å²) in [5.74, 6) is 0. The first-order chi connectivity index (χ1) is 7.19. The molecule has 1 aromatic rings. The number of rotatable bonds is 3. The number of benzene rings is 1. The first-order valence-electron chi connectivity index (χ1n) is 5.40. The fourth-order valence-electron chi connectivity index (χ4n) is 2.33. The molecule has 0 aliphatic heterocycles. The van der Waals surface area contributed by atoms with Crippen LogP contribution < -0.4 is 11.5 Å². The molecule has 1 aliphatic rings. The molecule has 1 aromatic carbocycles. The predicted molar refractivity (Wildman–Crippen MR) is 66.4 cm³/mol. The number of nitrogens with two attached hydrogens (primary N) is 2. The van der Waals surface area contributed by atoms with E-state index in [4.69, 9.17) is 11.5 Å². The molecule has 4 N–H and O–H groups in total. The van der Waals surface area contributed by atoms with Crippen molar-refractivity contribution in [3.8, 4) is 0 Å². The highest BCUT2D eigenvalue weighted by molar-refractivity contribution is 9.10. The van der Waals surface area contributed by atoms with Crippen LogP contribution in [0.5, 0.6) is 0 Å². The molecule has 1 aliphatic carbocycles. The van der Waals surface area contributed by atoms with Gasteiger partial charge in [-0.05, 0) is 31.0 Å². The standard InChI is InChI=1S/C12H17BrN2/c13-10-5-2-1-4-9(10)11(15)12(8-14)6-3-7-12/h1-2,4-5,11H,3,6-8,14-15H2. The second-order valence-corrected chi connectivity index (χ2v) is 5.27. The lowest BCUT2D eigenvalue weighted by Crippen LogP contribution is -2.46. The van der Waals surface area contributed by atoms with E-state index in [9.17, 15) is 0 Å². The summed E-state index contributed by atoms with van der Waals surface area (Å²) < 4.78 is 1.09. The Morgan fingerprint density at radius 2 is 2.00 bits per heavy atom. The molecule has 0 radical (unpaired) electrons. The Morgan fingerprint density at radius 3 is 2.47 bits per heavy atom. The van der Waals surface area contributed by atoms with Crippen LogP contribution in [-0.2, 0) is 0 Å². The Kier molecular flexibility index (Phi) is 3.14. The van der Waals surface area contributed by atoms with E-state index < -0.39 is 0 Å². The van der Waals surface area contributed by atoms with Crippen LogP contribution in [0.4, 0.5) is 0 Å². The zero-order chi connectivity index (χ0) is 10.9. The van der Waals surface area contributed by atoms with Crippen molar-refractivity contribution in [1.29, 1.82) is 0 Å². The summed E-state index contributed by atoms with van der Waals surface area (Å²) in [6, 6.07) is 8.23. The molecule has 0 heterocycles. The summed E-state index contributed by atoms with van der Waals surface area (Å²) in [4.78, 5) is 0. The van der Waals surface area contributed by atoms with Crippen LogP contribution in [0.3, 0.4) is 0 Å². The summed E-state index contributed by atoms with van der Waals surface area (Å²) in [6.45, 7) is 0.690. The van der Waals surface area contributed by atoms with Crippen molar-refractivity contribution in [2.24, 2.45) is 16.9 Å². The SMILES string of the molecule is NCC1(C(N)c2ccccc2Br)CCC1. The monoisotopic (exact) mass is 268 g/mol. The van der Waals surface area contributed by atoms with Crippen LogP contribution >= 0.6 is 15.9 Å². The van der Waals surface area contributed by atoms with Gasteiger partial charge in [0.1, 0.15) is 0 Å². The van der Waals surface area contributed by atoms with Gasteiger partial charge in [-0.15, -0.1) is 0 Å². The molecular formula is C12H17BrN2. The van der Waals surface area contributed by atoms with Gasteiger partial charge in [0.2, 0.25) is 0 Å². The van der Waals surface area contributed by atoms with E-state index in [1.165, 1.54) is 12.0 Å². The highest BCUT2D eigenvalue weighted by Gasteiger charge is 2.42.